The standard InChI is InChI=1S/C21H18F2N2O3/c1-13-3-2-4-17(7-13)27-12-20-24-18-5-6-25(11-19(18)28-20)21(26)14-8-15(22)10-16(23)9-14/h2-4,7-10H,5-6,11-12H2,1H3. The molecule has 2 aromatic carbocycles. The number of hydrogen-bond acceptors (Lipinski definition) is 4. The Labute approximate surface area is 160 Å². The van der Waals surface area contributed by atoms with E-state index in [1.165, 1.54) is 4.90 Å². The Hall–Kier alpha value is -3.22. The van der Waals surface area contributed by atoms with E-state index >= 15 is 0 Å². The number of rotatable bonds is 4. The SMILES string of the molecule is Cc1cccc(OCc2nc3c(o2)CN(C(=O)c2cc(F)cc(F)c2)CC3)c1. The third kappa shape index (κ3) is 3.88. The smallest absolute Gasteiger partial charge is 0.254 e. The van der Waals surface area contributed by atoms with E-state index in [0.29, 0.717) is 24.6 Å². The fourth-order valence-corrected chi connectivity index (χ4v) is 3.19. The number of amides is 1. The molecule has 0 unspecified atom stereocenters. The summed E-state index contributed by atoms with van der Waals surface area (Å²) < 4.78 is 38.2. The summed E-state index contributed by atoms with van der Waals surface area (Å²) in [5, 5.41) is 0. The first-order valence-corrected chi connectivity index (χ1v) is 8.90. The second-order valence-electron chi connectivity index (χ2n) is 6.72. The lowest BCUT2D eigenvalue weighted by molar-refractivity contribution is 0.0717. The van der Waals surface area contributed by atoms with Crippen molar-refractivity contribution in [2.24, 2.45) is 0 Å². The lowest BCUT2D eigenvalue weighted by atomic mass is 10.1. The fourth-order valence-electron chi connectivity index (χ4n) is 3.19. The van der Waals surface area contributed by atoms with E-state index in [4.69, 9.17) is 9.15 Å². The van der Waals surface area contributed by atoms with Crippen LogP contribution in [0.3, 0.4) is 0 Å². The molecule has 0 saturated carbocycles. The minimum Gasteiger partial charge on any atom is -0.484 e. The van der Waals surface area contributed by atoms with E-state index in [9.17, 15) is 13.6 Å². The van der Waals surface area contributed by atoms with Crippen LogP contribution in [0.5, 0.6) is 5.75 Å². The van der Waals surface area contributed by atoms with Gasteiger partial charge in [0.15, 0.2) is 6.61 Å². The molecule has 0 N–H and O–H groups in total. The van der Waals surface area contributed by atoms with Crippen LogP contribution in [0.25, 0.3) is 0 Å². The minimum absolute atomic E-state index is 0.0246. The first kappa shape index (κ1) is 18.2. The van der Waals surface area contributed by atoms with Gasteiger partial charge in [-0.15, -0.1) is 0 Å². The first-order valence-electron chi connectivity index (χ1n) is 8.90. The molecule has 0 saturated heterocycles. The number of aromatic nitrogens is 1. The number of benzene rings is 2. The lowest BCUT2D eigenvalue weighted by Gasteiger charge is -2.25. The molecule has 0 aliphatic carbocycles. The van der Waals surface area contributed by atoms with Crippen LogP contribution in [-0.2, 0) is 19.6 Å². The van der Waals surface area contributed by atoms with E-state index in [1.807, 2.05) is 31.2 Å². The summed E-state index contributed by atoms with van der Waals surface area (Å²) in [5.41, 5.74) is 1.84. The summed E-state index contributed by atoms with van der Waals surface area (Å²) in [7, 11) is 0. The van der Waals surface area contributed by atoms with Crippen molar-refractivity contribution < 1.29 is 22.7 Å². The van der Waals surface area contributed by atoms with E-state index in [0.717, 1.165) is 35.2 Å². The normalized spacial score (nSPS) is 13.3. The van der Waals surface area contributed by atoms with Crippen molar-refractivity contribution in [2.45, 2.75) is 26.5 Å². The number of oxazole rings is 1. The molecule has 1 aliphatic rings. The Balaban J connectivity index is 1.44. The van der Waals surface area contributed by atoms with Crippen molar-refractivity contribution >= 4 is 5.91 Å². The number of aryl methyl sites for hydroxylation is 1. The molecular formula is C21H18F2N2O3. The Morgan fingerprint density at radius 3 is 2.75 bits per heavy atom. The van der Waals surface area contributed by atoms with Crippen LogP contribution >= 0.6 is 0 Å². The van der Waals surface area contributed by atoms with Gasteiger partial charge in [0, 0.05) is 24.6 Å². The molecule has 2 heterocycles. The van der Waals surface area contributed by atoms with Gasteiger partial charge < -0.3 is 14.1 Å². The molecule has 0 atom stereocenters. The van der Waals surface area contributed by atoms with Gasteiger partial charge in [0.1, 0.15) is 23.1 Å². The molecule has 28 heavy (non-hydrogen) atoms. The maximum absolute atomic E-state index is 13.4. The highest BCUT2D eigenvalue weighted by Gasteiger charge is 2.27. The number of carbonyl (C=O) groups excluding carboxylic acids is 1. The molecule has 1 amide bonds. The van der Waals surface area contributed by atoms with Crippen LogP contribution in [0.2, 0.25) is 0 Å². The molecule has 0 radical (unpaired) electrons. The van der Waals surface area contributed by atoms with Gasteiger partial charge in [0.25, 0.3) is 5.91 Å². The number of halogens is 2. The summed E-state index contributed by atoms with van der Waals surface area (Å²) >= 11 is 0. The molecule has 0 bridgehead atoms. The number of hydrogen-bond donors (Lipinski definition) is 0. The molecule has 3 aromatic rings. The quantitative estimate of drug-likeness (QED) is 0.681. The minimum atomic E-state index is -0.781. The van der Waals surface area contributed by atoms with Gasteiger partial charge in [0.2, 0.25) is 5.89 Å². The summed E-state index contributed by atoms with van der Waals surface area (Å²) in [5.74, 6) is -0.288. The number of nitrogens with zero attached hydrogens (tertiary/aromatic N) is 2. The molecule has 1 aromatic heterocycles. The number of ether oxygens (including phenoxy) is 1. The van der Waals surface area contributed by atoms with Gasteiger partial charge >= 0.3 is 0 Å². The lowest BCUT2D eigenvalue weighted by Crippen LogP contribution is -2.35. The van der Waals surface area contributed by atoms with Gasteiger partial charge in [0.05, 0.1) is 12.2 Å². The summed E-state index contributed by atoms with van der Waals surface area (Å²) in [6.45, 7) is 2.75. The highest BCUT2D eigenvalue weighted by Crippen LogP contribution is 2.23. The van der Waals surface area contributed by atoms with E-state index < -0.39 is 17.5 Å². The molecule has 4 rings (SSSR count). The van der Waals surface area contributed by atoms with Crippen molar-refractivity contribution in [3.05, 3.63) is 82.6 Å². The van der Waals surface area contributed by atoms with Crippen LogP contribution < -0.4 is 4.74 Å². The third-order valence-electron chi connectivity index (χ3n) is 4.52. The Bertz CT molecular complexity index is 1010. The van der Waals surface area contributed by atoms with Gasteiger partial charge in [-0.2, -0.15) is 0 Å². The van der Waals surface area contributed by atoms with Crippen LogP contribution in [0.1, 0.15) is 33.3 Å². The number of fused-ring (bicyclic) bond motifs is 1. The molecule has 7 heteroatoms. The highest BCUT2D eigenvalue weighted by molar-refractivity contribution is 5.94. The van der Waals surface area contributed by atoms with Gasteiger partial charge in [-0.05, 0) is 36.8 Å². The molecule has 144 valence electrons. The predicted molar refractivity (Wildman–Crippen MR) is 96.8 cm³/mol. The van der Waals surface area contributed by atoms with Crippen LogP contribution in [0, 0.1) is 18.6 Å². The molecule has 0 fully saturated rings. The second-order valence-corrected chi connectivity index (χ2v) is 6.72. The topological polar surface area (TPSA) is 55.6 Å². The zero-order valence-electron chi connectivity index (χ0n) is 15.2. The van der Waals surface area contributed by atoms with E-state index in [1.54, 1.807) is 0 Å². The van der Waals surface area contributed by atoms with E-state index in [-0.39, 0.29) is 18.7 Å². The van der Waals surface area contributed by atoms with Crippen molar-refractivity contribution in [3.63, 3.8) is 0 Å². The Morgan fingerprint density at radius 2 is 2.00 bits per heavy atom. The molecule has 5 nitrogen and oxygen atoms in total. The monoisotopic (exact) mass is 384 g/mol. The number of carbonyl (C=O) groups is 1. The maximum Gasteiger partial charge on any atom is 0.254 e. The van der Waals surface area contributed by atoms with Gasteiger partial charge in [-0.3, -0.25) is 4.79 Å². The first-order chi connectivity index (χ1) is 13.5. The largest absolute Gasteiger partial charge is 0.484 e. The van der Waals surface area contributed by atoms with E-state index in [2.05, 4.69) is 4.98 Å². The van der Waals surface area contributed by atoms with Crippen molar-refractivity contribution in [3.8, 4) is 5.75 Å². The Kier molecular flexibility index (Phi) is 4.81. The molecular weight excluding hydrogens is 366 g/mol. The average Bonchev–Trinajstić information content (AvgIpc) is 3.07. The zero-order valence-corrected chi connectivity index (χ0v) is 15.2. The van der Waals surface area contributed by atoms with Crippen LogP contribution in [0.15, 0.2) is 46.9 Å². The third-order valence-corrected chi connectivity index (χ3v) is 4.52. The van der Waals surface area contributed by atoms with Crippen LogP contribution in [-0.4, -0.2) is 22.3 Å². The Morgan fingerprint density at radius 1 is 1.21 bits per heavy atom. The summed E-state index contributed by atoms with van der Waals surface area (Å²) in [6.07, 6.45) is 0.507. The second kappa shape index (κ2) is 7.42. The fraction of sp³-hybridized carbons (Fsp3) is 0.238. The van der Waals surface area contributed by atoms with Crippen molar-refractivity contribution in [1.29, 1.82) is 0 Å². The van der Waals surface area contributed by atoms with Crippen molar-refractivity contribution in [2.75, 3.05) is 6.54 Å². The molecule has 0 spiro atoms. The summed E-state index contributed by atoms with van der Waals surface area (Å²) in [4.78, 5) is 18.5. The predicted octanol–water partition coefficient (Wildman–Crippen LogP) is 4.04. The van der Waals surface area contributed by atoms with Crippen LogP contribution in [0.4, 0.5) is 8.78 Å². The van der Waals surface area contributed by atoms with Gasteiger partial charge in [-0.1, -0.05) is 12.1 Å². The van der Waals surface area contributed by atoms with Gasteiger partial charge in [-0.25, -0.2) is 13.8 Å². The molecule has 1 aliphatic heterocycles. The summed E-state index contributed by atoms with van der Waals surface area (Å²) in [6, 6.07) is 10.5. The maximum atomic E-state index is 13.4. The highest BCUT2D eigenvalue weighted by atomic mass is 19.1. The average molecular weight is 384 g/mol. The van der Waals surface area contributed by atoms with Crippen molar-refractivity contribution in [1.82, 2.24) is 9.88 Å². The zero-order chi connectivity index (χ0) is 19.7.